The highest BCUT2D eigenvalue weighted by Crippen LogP contribution is 2.54. The molecule has 0 aromatic heterocycles. The number of nitrogens with zero attached hydrogens (tertiary/aromatic N) is 1. The summed E-state index contributed by atoms with van der Waals surface area (Å²) in [4.78, 5) is 0. The maximum absolute atomic E-state index is 9.07. The smallest absolute Gasteiger partial charge is 0.123 e. The topological polar surface area (TPSA) is 59.0 Å². The maximum atomic E-state index is 9.07. The average molecular weight is 309 g/mol. The zero-order valence-corrected chi connectivity index (χ0v) is 14.5. The van der Waals surface area contributed by atoms with Crippen LogP contribution in [-0.2, 0) is 0 Å². The molecule has 3 nitrogen and oxygen atoms in total. The lowest BCUT2D eigenvalue weighted by Crippen LogP contribution is -2.73. The van der Waals surface area contributed by atoms with Crippen molar-refractivity contribution in [1.82, 2.24) is 0 Å². The van der Waals surface area contributed by atoms with Crippen LogP contribution in [0.3, 0.4) is 0 Å². The number of nitrogens with two attached hydrogens (primary N) is 1. The Balaban J connectivity index is 0.00000220. The van der Waals surface area contributed by atoms with Gasteiger partial charge < -0.3 is 10.5 Å². The quantitative estimate of drug-likeness (QED) is 0.905. The summed E-state index contributed by atoms with van der Waals surface area (Å²) in [5.41, 5.74) is 8.92. The Hall–Kier alpha value is -1.24. The third-order valence-electron chi connectivity index (χ3n) is 5.06. The SMILES string of the molecule is Cc1c(C#N)ccc(OC2C(C)(C)C(N)C2(C)C)c1C.Cl. The molecule has 1 aliphatic rings. The highest BCUT2D eigenvalue weighted by atomic mass is 35.5. The van der Waals surface area contributed by atoms with E-state index in [0.29, 0.717) is 5.56 Å². The van der Waals surface area contributed by atoms with Gasteiger partial charge in [-0.2, -0.15) is 5.26 Å². The van der Waals surface area contributed by atoms with Gasteiger partial charge in [-0.05, 0) is 37.1 Å². The lowest BCUT2D eigenvalue weighted by Gasteiger charge is -2.61. The molecule has 2 N–H and O–H groups in total. The number of ether oxygens (including phenoxy) is 1. The van der Waals surface area contributed by atoms with Crippen LogP contribution in [0.1, 0.15) is 44.4 Å². The van der Waals surface area contributed by atoms with E-state index >= 15 is 0 Å². The standard InChI is InChI=1S/C17H24N2O.ClH/c1-10-11(2)13(8-7-12(10)9-18)20-15-16(3,4)14(19)17(15,5)6;/h7-8,14-15H,19H2,1-6H3;1H. The summed E-state index contributed by atoms with van der Waals surface area (Å²) < 4.78 is 6.27. The van der Waals surface area contributed by atoms with Crippen molar-refractivity contribution in [2.45, 2.75) is 53.7 Å². The van der Waals surface area contributed by atoms with Gasteiger partial charge in [0.2, 0.25) is 0 Å². The summed E-state index contributed by atoms with van der Waals surface area (Å²) in [7, 11) is 0. The van der Waals surface area contributed by atoms with Crippen molar-refractivity contribution >= 4 is 12.4 Å². The van der Waals surface area contributed by atoms with Gasteiger partial charge in [0.15, 0.2) is 0 Å². The molecule has 0 unspecified atom stereocenters. The number of hydrogen-bond acceptors (Lipinski definition) is 3. The first kappa shape index (κ1) is 17.8. The molecule has 21 heavy (non-hydrogen) atoms. The zero-order valence-electron chi connectivity index (χ0n) is 13.7. The first-order valence-electron chi connectivity index (χ1n) is 7.06. The Kier molecular flexibility index (Phi) is 4.68. The number of rotatable bonds is 2. The van der Waals surface area contributed by atoms with Crippen LogP contribution in [0.5, 0.6) is 5.75 Å². The predicted octanol–water partition coefficient (Wildman–Crippen LogP) is 3.74. The van der Waals surface area contributed by atoms with Gasteiger partial charge in [0.1, 0.15) is 11.9 Å². The fraction of sp³-hybridized carbons (Fsp3) is 0.588. The van der Waals surface area contributed by atoms with Crippen molar-refractivity contribution in [2.75, 3.05) is 0 Å². The molecular weight excluding hydrogens is 284 g/mol. The molecule has 2 rings (SSSR count). The molecule has 4 heteroatoms. The Morgan fingerprint density at radius 2 is 1.62 bits per heavy atom. The first-order valence-corrected chi connectivity index (χ1v) is 7.06. The van der Waals surface area contributed by atoms with Gasteiger partial charge in [0, 0.05) is 16.9 Å². The second kappa shape index (κ2) is 5.51. The highest BCUT2D eigenvalue weighted by molar-refractivity contribution is 5.85. The minimum atomic E-state index is -0.0439. The van der Waals surface area contributed by atoms with Crippen LogP contribution in [0.4, 0.5) is 0 Å². The third kappa shape index (κ3) is 2.52. The predicted molar refractivity (Wildman–Crippen MR) is 87.8 cm³/mol. The van der Waals surface area contributed by atoms with Gasteiger partial charge in [-0.3, -0.25) is 0 Å². The molecule has 1 saturated carbocycles. The first-order chi connectivity index (χ1) is 9.14. The molecule has 1 aliphatic carbocycles. The van der Waals surface area contributed by atoms with E-state index in [4.69, 9.17) is 15.7 Å². The van der Waals surface area contributed by atoms with Crippen molar-refractivity contribution in [3.8, 4) is 11.8 Å². The molecule has 0 spiro atoms. The number of halogens is 1. The molecule has 1 aromatic rings. The Morgan fingerprint density at radius 3 is 2.10 bits per heavy atom. The molecule has 0 aliphatic heterocycles. The third-order valence-corrected chi connectivity index (χ3v) is 5.06. The maximum Gasteiger partial charge on any atom is 0.123 e. The lowest BCUT2D eigenvalue weighted by atomic mass is 9.50. The second-order valence-corrected chi connectivity index (χ2v) is 7.09. The van der Waals surface area contributed by atoms with Crippen LogP contribution in [0.15, 0.2) is 12.1 Å². The molecule has 0 saturated heterocycles. The van der Waals surface area contributed by atoms with Crippen molar-refractivity contribution in [2.24, 2.45) is 16.6 Å². The van der Waals surface area contributed by atoms with E-state index in [-0.39, 0.29) is 35.4 Å². The molecule has 0 amide bonds. The molecule has 1 fully saturated rings. The highest BCUT2D eigenvalue weighted by Gasteiger charge is 2.61. The number of nitriles is 1. The van der Waals surface area contributed by atoms with E-state index in [1.807, 2.05) is 26.0 Å². The number of hydrogen-bond donors (Lipinski definition) is 1. The van der Waals surface area contributed by atoms with Crippen molar-refractivity contribution in [1.29, 1.82) is 5.26 Å². The summed E-state index contributed by atoms with van der Waals surface area (Å²) in [5, 5.41) is 9.07. The number of benzene rings is 1. The Morgan fingerprint density at radius 1 is 1.10 bits per heavy atom. The van der Waals surface area contributed by atoms with Crippen LogP contribution < -0.4 is 10.5 Å². The van der Waals surface area contributed by atoms with E-state index in [1.165, 1.54) is 0 Å². The lowest BCUT2D eigenvalue weighted by molar-refractivity contribution is -0.155. The summed E-state index contributed by atoms with van der Waals surface area (Å²) >= 11 is 0. The van der Waals surface area contributed by atoms with Crippen LogP contribution >= 0.6 is 12.4 Å². The minimum Gasteiger partial charge on any atom is -0.489 e. The van der Waals surface area contributed by atoms with Gasteiger partial charge in [0.05, 0.1) is 11.6 Å². The van der Waals surface area contributed by atoms with E-state index in [1.54, 1.807) is 0 Å². The summed E-state index contributed by atoms with van der Waals surface area (Å²) in [6.45, 7) is 12.6. The minimum absolute atomic E-state index is 0. The van der Waals surface area contributed by atoms with Crippen molar-refractivity contribution in [3.63, 3.8) is 0 Å². The normalized spacial score (nSPS) is 25.2. The molecule has 116 valence electrons. The van der Waals surface area contributed by atoms with E-state index < -0.39 is 0 Å². The van der Waals surface area contributed by atoms with Gasteiger partial charge in [-0.25, -0.2) is 0 Å². The largest absolute Gasteiger partial charge is 0.489 e. The van der Waals surface area contributed by atoms with Gasteiger partial charge in [0.25, 0.3) is 0 Å². The molecule has 0 heterocycles. The van der Waals surface area contributed by atoms with E-state index in [2.05, 4.69) is 33.8 Å². The summed E-state index contributed by atoms with van der Waals surface area (Å²) in [6.07, 6.45) is 0.0797. The summed E-state index contributed by atoms with van der Waals surface area (Å²) in [5.74, 6) is 0.861. The van der Waals surface area contributed by atoms with Gasteiger partial charge in [-0.1, -0.05) is 27.7 Å². The molecule has 1 aromatic carbocycles. The fourth-order valence-corrected chi connectivity index (χ4v) is 3.62. The van der Waals surface area contributed by atoms with Crippen LogP contribution in [0.25, 0.3) is 0 Å². The van der Waals surface area contributed by atoms with Gasteiger partial charge in [-0.15, -0.1) is 12.4 Å². The fourth-order valence-electron chi connectivity index (χ4n) is 3.62. The molecule has 0 radical (unpaired) electrons. The Bertz CT molecular complexity index is 571. The summed E-state index contributed by atoms with van der Waals surface area (Å²) in [6, 6.07) is 6.06. The van der Waals surface area contributed by atoms with Crippen LogP contribution in [-0.4, -0.2) is 12.1 Å². The Labute approximate surface area is 133 Å². The molecular formula is C17H25ClN2O. The van der Waals surface area contributed by atoms with E-state index in [9.17, 15) is 0 Å². The van der Waals surface area contributed by atoms with E-state index in [0.717, 1.165) is 16.9 Å². The van der Waals surface area contributed by atoms with Gasteiger partial charge >= 0.3 is 0 Å². The van der Waals surface area contributed by atoms with Crippen LogP contribution in [0, 0.1) is 36.0 Å². The monoisotopic (exact) mass is 308 g/mol. The second-order valence-electron chi connectivity index (χ2n) is 7.09. The van der Waals surface area contributed by atoms with Crippen molar-refractivity contribution < 1.29 is 4.74 Å². The van der Waals surface area contributed by atoms with Crippen molar-refractivity contribution in [3.05, 3.63) is 28.8 Å². The van der Waals surface area contributed by atoms with Crippen LogP contribution in [0.2, 0.25) is 0 Å². The average Bonchev–Trinajstić information content (AvgIpc) is 2.39. The zero-order chi connectivity index (χ0) is 15.3. The molecule has 0 bridgehead atoms. The molecule has 0 atom stereocenters.